The number of sulfonamides is 1. The van der Waals surface area contributed by atoms with E-state index in [0.29, 0.717) is 38.5 Å². The van der Waals surface area contributed by atoms with E-state index in [0.717, 1.165) is 18.1 Å². The van der Waals surface area contributed by atoms with Crippen LogP contribution in [-0.4, -0.2) is 81.2 Å². The van der Waals surface area contributed by atoms with E-state index in [4.69, 9.17) is 9.41 Å². The van der Waals surface area contributed by atoms with Crippen molar-refractivity contribution in [1.29, 1.82) is 0 Å². The molecule has 1 amide bonds. The fraction of sp³-hybridized carbons (Fsp3) is 0.429. The lowest BCUT2D eigenvalue weighted by atomic mass is 10.2. The lowest BCUT2D eigenvalue weighted by molar-refractivity contribution is 0.0657. The van der Waals surface area contributed by atoms with Crippen LogP contribution in [0.25, 0.3) is 0 Å². The third kappa shape index (κ3) is 6.23. The molecule has 0 spiro atoms. The van der Waals surface area contributed by atoms with Gasteiger partial charge >= 0.3 is 0 Å². The molecule has 32 heavy (non-hydrogen) atoms. The molecular weight excluding hydrogens is 545 g/mol. The Morgan fingerprint density at radius 2 is 1.72 bits per heavy atom. The first kappa shape index (κ1) is 26.1. The number of hydrogen-bond acceptors (Lipinski definition) is 5. The summed E-state index contributed by atoms with van der Waals surface area (Å²) < 4.78 is 30.8. The Kier molecular flexibility index (Phi) is 9.52. The van der Waals surface area contributed by atoms with E-state index in [1.54, 1.807) is 41.3 Å². The second-order valence-corrected chi connectivity index (χ2v) is 9.51. The molecule has 1 saturated heterocycles. The van der Waals surface area contributed by atoms with Gasteiger partial charge in [0.2, 0.25) is 10.0 Å². The molecule has 2 heterocycles. The average Bonchev–Trinajstić information content (AvgIpc) is 3.31. The molecule has 176 valence electrons. The Bertz CT molecular complexity index is 999. The summed E-state index contributed by atoms with van der Waals surface area (Å²) in [6.45, 7) is 5.66. The van der Waals surface area contributed by atoms with Crippen molar-refractivity contribution < 1.29 is 17.6 Å². The van der Waals surface area contributed by atoms with Crippen LogP contribution in [0.15, 0.2) is 57.0 Å². The third-order valence-corrected chi connectivity index (χ3v) is 6.88. The van der Waals surface area contributed by atoms with Gasteiger partial charge in [0, 0.05) is 46.8 Å². The summed E-state index contributed by atoms with van der Waals surface area (Å²) in [6.07, 6.45) is 1.50. The minimum Gasteiger partial charge on any atom is -0.459 e. The lowest BCUT2D eigenvalue weighted by Gasteiger charge is -2.36. The maximum absolute atomic E-state index is 12.4. The van der Waals surface area contributed by atoms with E-state index in [9.17, 15) is 13.2 Å². The molecule has 0 aliphatic carbocycles. The molecule has 1 fully saturated rings. The van der Waals surface area contributed by atoms with Gasteiger partial charge in [0.1, 0.15) is 0 Å². The van der Waals surface area contributed by atoms with Gasteiger partial charge in [0.25, 0.3) is 5.91 Å². The van der Waals surface area contributed by atoms with Crippen molar-refractivity contribution in [1.82, 2.24) is 19.4 Å². The molecule has 1 aliphatic heterocycles. The van der Waals surface area contributed by atoms with Crippen LogP contribution in [0.2, 0.25) is 0 Å². The summed E-state index contributed by atoms with van der Waals surface area (Å²) in [6, 6.07) is 10.2. The quantitative estimate of drug-likeness (QED) is 0.322. The number of nitrogens with zero attached hydrogens (tertiary/aromatic N) is 4. The zero-order valence-corrected chi connectivity index (χ0v) is 21.7. The predicted molar refractivity (Wildman–Crippen MR) is 134 cm³/mol. The first-order valence-corrected chi connectivity index (χ1v) is 11.6. The highest BCUT2D eigenvalue weighted by Gasteiger charge is 2.25. The zero-order chi connectivity index (χ0) is 22.4. The number of carbonyl (C=O) groups excluding carboxylic acids is 1. The normalized spacial score (nSPS) is 14.9. The Morgan fingerprint density at radius 1 is 1.09 bits per heavy atom. The summed E-state index contributed by atoms with van der Waals surface area (Å²) in [5.74, 6) is 1.03. The van der Waals surface area contributed by atoms with Crippen molar-refractivity contribution in [2.24, 2.45) is 4.99 Å². The minimum absolute atomic E-state index is 0. The van der Waals surface area contributed by atoms with Crippen molar-refractivity contribution in [2.75, 3.05) is 46.8 Å². The summed E-state index contributed by atoms with van der Waals surface area (Å²) in [4.78, 5) is 21.3. The number of benzene rings is 1. The van der Waals surface area contributed by atoms with E-state index in [2.05, 4.69) is 10.2 Å². The number of amides is 1. The van der Waals surface area contributed by atoms with Crippen LogP contribution in [0.5, 0.6) is 0 Å². The SMILES string of the molecule is CCNC(=NCc1ccc(S(=O)(=O)N(C)C)cc1)N1CCN(C(=O)c2ccco2)CC1.I. The molecule has 1 aliphatic rings. The third-order valence-electron chi connectivity index (χ3n) is 5.05. The van der Waals surface area contributed by atoms with Crippen LogP contribution in [0.4, 0.5) is 0 Å². The number of furan rings is 1. The van der Waals surface area contributed by atoms with Crippen LogP contribution in [-0.2, 0) is 16.6 Å². The van der Waals surface area contributed by atoms with Gasteiger partial charge in [-0.3, -0.25) is 4.79 Å². The molecule has 1 aromatic heterocycles. The van der Waals surface area contributed by atoms with E-state index in [1.807, 2.05) is 6.92 Å². The van der Waals surface area contributed by atoms with Gasteiger partial charge in [0.15, 0.2) is 11.7 Å². The Morgan fingerprint density at radius 3 is 2.25 bits per heavy atom. The fourth-order valence-corrected chi connectivity index (χ4v) is 4.15. The molecular formula is C21H30IN5O4S. The highest BCUT2D eigenvalue weighted by Crippen LogP contribution is 2.15. The predicted octanol–water partition coefficient (Wildman–Crippen LogP) is 2.07. The summed E-state index contributed by atoms with van der Waals surface area (Å²) >= 11 is 0. The van der Waals surface area contributed by atoms with Crippen LogP contribution < -0.4 is 5.32 Å². The topological polar surface area (TPSA) is 98.5 Å². The molecule has 2 aromatic rings. The monoisotopic (exact) mass is 575 g/mol. The molecule has 0 unspecified atom stereocenters. The molecule has 0 bridgehead atoms. The van der Waals surface area contributed by atoms with Crippen LogP contribution in [0.1, 0.15) is 23.0 Å². The van der Waals surface area contributed by atoms with Gasteiger partial charge in [-0.2, -0.15) is 0 Å². The van der Waals surface area contributed by atoms with Crippen molar-refractivity contribution >= 4 is 45.9 Å². The molecule has 9 nitrogen and oxygen atoms in total. The van der Waals surface area contributed by atoms with Crippen LogP contribution >= 0.6 is 24.0 Å². The number of piperazine rings is 1. The van der Waals surface area contributed by atoms with Crippen molar-refractivity contribution in [3.63, 3.8) is 0 Å². The first-order valence-electron chi connectivity index (χ1n) is 10.2. The number of guanidine groups is 1. The molecule has 0 radical (unpaired) electrons. The smallest absolute Gasteiger partial charge is 0.289 e. The largest absolute Gasteiger partial charge is 0.459 e. The Labute approximate surface area is 206 Å². The molecule has 0 atom stereocenters. The highest BCUT2D eigenvalue weighted by molar-refractivity contribution is 14.0. The Balaban J connectivity index is 0.00000363. The van der Waals surface area contributed by atoms with E-state index >= 15 is 0 Å². The maximum Gasteiger partial charge on any atom is 0.289 e. The number of hydrogen-bond donors (Lipinski definition) is 1. The van der Waals surface area contributed by atoms with E-state index in [-0.39, 0.29) is 34.8 Å². The van der Waals surface area contributed by atoms with Crippen molar-refractivity contribution in [3.05, 3.63) is 54.0 Å². The number of rotatable bonds is 6. The number of halogens is 1. The zero-order valence-electron chi connectivity index (χ0n) is 18.5. The molecule has 11 heteroatoms. The van der Waals surface area contributed by atoms with Crippen LogP contribution in [0.3, 0.4) is 0 Å². The molecule has 0 saturated carbocycles. The second-order valence-electron chi connectivity index (χ2n) is 7.36. The van der Waals surface area contributed by atoms with Gasteiger partial charge in [-0.05, 0) is 36.8 Å². The van der Waals surface area contributed by atoms with Gasteiger partial charge in [-0.15, -0.1) is 24.0 Å². The molecule has 1 aromatic carbocycles. The van der Waals surface area contributed by atoms with Crippen molar-refractivity contribution in [3.8, 4) is 0 Å². The highest BCUT2D eigenvalue weighted by atomic mass is 127. The maximum atomic E-state index is 12.4. The van der Waals surface area contributed by atoms with E-state index in [1.165, 1.54) is 24.7 Å². The van der Waals surface area contributed by atoms with E-state index < -0.39 is 10.0 Å². The standard InChI is InChI=1S/C21H29N5O4S.HI/c1-4-22-21(23-16-17-7-9-18(10-8-17)31(28,29)24(2)3)26-13-11-25(12-14-26)20(27)19-6-5-15-30-19;/h5-10,15H,4,11-14,16H2,1-3H3,(H,22,23);1H. The average molecular weight is 575 g/mol. The second kappa shape index (κ2) is 11.7. The van der Waals surface area contributed by atoms with Gasteiger partial charge in [0.05, 0.1) is 17.7 Å². The summed E-state index contributed by atoms with van der Waals surface area (Å²) in [7, 11) is -0.417. The summed E-state index contributed by atoms with van der Waals surface area (Å²) in [5.41, 5.74) is 0.916. The van der Waals surface area contributed by atoms with Gasteiger partial charge < -0.3 is 19.5 Å². The van der Waals surface area contributed by atoms with Gasteiger partial charge in [-0.1, -0.05) is 12.1 Å². The molecule has 1 N–H and O–H groups in total. The lowest BCUT2D eigenvalue weighted by Crippen LogP contribution is -2.53. The molecule has 3 rings (SSSR count). The fourth-order valence-electron chi connectivity index (χ4n) is 3.25. The summed E-state index contributed by atoms with van der Waals surface area (Å²) in [5, 5.41) is 3.30. The van der Waals surface area contributed by atoms with Crippen LogP contribution in [0, 0.1) is 0 Å². The Hall–Kier alpha value is -2.12. The first-order chi connectivity index (χ1) is 14.8. The number of nitrogens with one attached hydrogen (secondary N) is 1. The van der Waals surface area contributed by atoms with Crippen molar-refractivity contribution in [2.45, 2.75) is 18.4 Å². The number of aliphatic imine (C=N–C) groups is 1. The number of carbonyl (C=O) groups is 1. The van der Waals surface area contributed by atoms with Gasteiger partial charge in [-0.25, -0.2) is 17.7 Å². The minimum atomic E-state index is -3.44.